The van der Waals surface area contributed by atoms with E-state index in [0.29, 0.717) is 0 Å². The van der Waals surface area contributed by atoms with Gasteiger partial charge < -0.3 is 15.0 Å². The Balaban J connectivity index is 1.71. The minimum atomic E-state index is -0.0641. The molecule has 0 unspecified atom stereocenters. The Kier molecular flexibility index (Phi) is 4.76. The van der Waals surface area contributed by atoms with Gasteiger partial charge in [0.15, 0.2) is 0 Å². The second-order valence-electron chi connectivity index (χ2n) is 5.49. The van der Waals surface area contributed by atoms with Gasteiger partial charge in [0, 0.05) is 18.0 Å². The molecule has 1 saturated heterocycles. The van der Waals surface area contributed by atoms with Crippen molar-refractivity contribution in [2.45, 2.75) is 12.3 Å². The van der Waals surface area contributed by atoms with Crippen molar-refractivity contribution >= 4 is 23.5 Å². The fraction of sp³-hybridized carbons (Fsp3) is 0.278. The molecule has 0 radical (unpaired) electrons. The topological polar surface area (TPSA) is 41.6 Å². The largest absolute Gasteiger partial charge is 0.497 e. The molecule has 120 valence electrons. The summed E-state index contributed by atoms with van der Waals surface area (Å²) in [5.74, 6) is 1.73. The van der Waals surface area contributed by atoms with Crippen LogP contribution in [0.4, 0.5) is 10.5 Å². The van der Waals surface area contributed by atoms with Gasteiger partial charge in [-0.25, -0.2) is 4.79 Å². The maximum Gasteiger partial charge on any atom is 0.323 e. The molecule has 5 heteroatoms. The van der Waals surface area contributed by atoms with Crippen LogP contribution in [-0.4, -0.2) is 30.3 Å². The number of benzene rings is 2. The average molecular weight is 328 g/mol. The number of ether oxygens (including phenoxy) is 1. The van der Waals surface area contributed by atoms with E-state index in [-0.39, 0.29) is 11.4 Å². The molecule has 0 saturated carbocycles. The molecule has 2 amide bonds. The summed E-state index contributed by atoms with van der Waals surface area (Å²) >= 11 is 1.80. The molecule has 0 aliphatic carbocycles. The summed E-state index contributed by atoms with van der Waals surface area (Å²) in [7, 11) is 1.63. The molecule has 1 N–H and O–H groups in total. The minimum absolute atomic E-state index is 0.0641. The van der Waals surface area contributed by atoms with E-state index >= 15 is 0 Å². The second kappa shape index (κ2) is 6.96. The molecule has 2 aromatic carbocycles. The number of aryl methyl sites for hydroxylation is 1. The predicted molar refractivity (Wildman–Crippen MR) is 95.1 cm³/mol. The van der Waals surface area contributed by atoms with Crippen LogP contribution in [-0.2, 0) is 0 Å². The second-order valence-corrected chi connectivity index (χ2v) is 6.67. The number of amides is 2. The molecule has 0 aromatic heterocycles. The summed E-state index contributed by atoms with van der Waals surface area (Å²) < 4.78 is 5.13. The quantitative estimate of drug-likeness (QED) is 0.914. The van der Waals surface area contributed by atoms with E-state index in [1.165, 1.54) is 11.1 Å². The van der Waals surface area contributed by atoms with Crippen LogP contribution in [0.5, 0.6) is 5.75 Å². The van der Waals surface area contributed by atoms with E-state index in [2.05, 4.69) is 36.5 Å². The predicted octanol–water partition coefficient (Wildman–Crippen LogP) is 4.28. The fourth-order valence-electron chi connectivity index (χ4n) is 2.55. The third kappa shape index (κ3) is 3.62. The Morgan fingerprint density at radius 1 is 1.17 bits per heavy atom. The van der Waals surface area contributed by atoms with Gasteiger partial charge >= 0.3 is 6.03 Å². The molecule has 3 rings (SSSR count). The van der Waals surface area contributed by atoms with E-state index in [1.54, 1.807) is 18.9 Å². The Hall–Kier alpha value is -2.14. The average Bonchev–Trinajstić information content (AvgIpc) is 3.06. The molecule has 0 spiro atoms. The number of anilines is 1. The van der Waals surface area contributed by atoms with Gasteiger partial charge in [0.25, 0.3) is 0 Å². The van der Waals surface area contributed by atoms with Crippen molar-refractivity contribution in [3.63, 3.8) is 0 Å². The summed E-state index contributed by atoms with van der Waals surface area (Å²) in [6, 6.07) is 15.7. The van der Waals surface area contributed by atoms with Gasteiger partial charge in [-0.3, -0.25) is 0 Å². The lowest BCUT2D eigenvalue weighted by molar-refractivity contribution is 0.214. The summed E-state index contributed by atoms with van der Waals surface area (Å²) in [6.07, 6.45) is 0. The fourth-order valence-corrected chi connectivity index (χ4v) is 3.81. The number of urea groups is 1. The number of hydrogen-bond acceptors (Lipinski definition) is 3. The first-order valence-electron chi connectivity index (χ1n) is 7.57. The van der Waals surface area contributed by atoms with Crippen LogP contribution in [0.3, 0.4) is 0 Å². The lowest BCUT2D eigenvalue weighted by Crippen LogP contribution is -2.34. The first kappa shape index (κ1) is 15.7. The zero-order chi connectivity index (χ0) is 16.2. The first-order valence-corrected chi connectivity index (χ1v) is 8.62. The van der Waals surface area contributed by atoms with Gasteiger partial charge in [-0.2, -0.15) is 0 Å². The summed E-state index contributed by atoms with van der Waals surface area (Å²) in [5, 5.41) is 3.04. The maximum absolute atomic E-state index is 12.6. The smallest absolute Gasteiger partial charge is 0.323 e. The SMILES string of the molecule is COc1ccc(NC(=O)N2CCS[C@@H]2c2ccc(C)cc2)cc1. The molecule has 1 atom stereocenters. The van der Waals surface area contributed by atoms with Gasteiger partial charge in [-0.15, -0.1) is 11.8 Å². The van der Waals surface area contributed by atoms with Gasteiger partial charge in [0.1, 0.15) is 11.1 Å². The summed E-state index contributed by atoms with van der Waals surface area (Å²) in [4.78, 5) is 14.5. The van der Waals surface area contributed by atoms with Crippen molar-refractivity contribution in [1.82, 2.24) is 4.90 Å². The molecule has 4 nitrogen and oxygen atoms in total. The summed E-state index contributed by atoms with van der Waals surface area (Å²) in [6.45, 7) is 2.82. The van der Waals surface area contributed by atoms with Crippen LogP contribution < -0.4 is 10.1 Å². The van der Waals surface area contributed by atoms with Crippen molar-refractivity contribution in [2.24, 2.45) is 0 Å². The Morgan fingerprint density at radius 3 is 2.52 bits per heavy atom. The van der Waals surface area contributed by atoms with Crippen molar-refractivity contribution in [1.29, 1.82) is 0 Å². The Labute approximate surface area is 140 Å². The lowest BCUT2D eigenvalue weighted by atomic mass is 10.1. The van der Waals surface area contributed by atoms with Gasteiger partial charge in [-0.1, -0.05) is 29.8 Å². The monoisotopic (exact) mass is 328 g/mol. The molecule has 1 heterocycles. The zero-order valence-corrected chi connectivity index (χ0v) is 14.1. The molecule has 1 aliphatic rings. The Bertz CT molecular complexity index is 670. The molecule has 1 aliphatic heterocycles. The minimum Gasteiger partial charge on any atom is -0.497 e. The number of hydrogen-bond donors (Lipinski definition) is 1. The highest BCUT2D eigenvalue weighted by molar-refractivity contribution is 7.99. The van der Waals surface area contributed by atoms with Crippen LogP contribution in [0, 0.1) is 6.92 Å². The van der Waals surface area contributed by atoms with Crippen LogP contribution >= 0.6 is 11.8 Å². The number of nitrogens with one attached hydrogen (secondary N) is 1. The third-order valence-corrected chi connectivity index (χ3v) is 5.12. The molecule has 23 heavy (non-hydrogen) atoms. The van der Waals surface area contributed by atoms with Gasteiger partial charge in [0.05, 0.1) is 7.11 Å². The van der Waals surface area contributed by atoms with E-state index in [4.69, 9.17) is 4.74 Å². The first-order chi connectivity index (χ1) is 11.2. The van der Waals surface area contributed by atoms with Crippen LogP contribution in [0.2, 0.25) is 0 Å². The number of carbonyl (C=O) groups is 1. The highest BCUT2D eigenvalue weighted by Crippen LogP contribution is 2.38. The van der Waals surface area contributed by atoms with Crippen molar-refractivity contribution in [3.8, 4) is 5.75 Å². The van der Waals surface area contributed by atoms with Crippen molar-refractivity contribution < 1.29 is 9.53 Å². The number of thioether (sulfide) groups is 1. The maximum atomic E-state index is 12.6. The Morgan fingerprint density at radius 2 is 1.87 bits per heavy atom. The molecular formula is C18H20N2O2S. The molecule has 2 aromatic rings. The molecule has 0 bridgehead atoms. The standard InChI is InChI=1S/C18H20N2O2S/c1-13-3-5-14(6-4-13)17-20(11-12-23-17)18(21)19-15-7-9-16(22-2)10-8-15/h3-10,17H,11-12H2,1-2H3,(H,19,21)/t17-/m1/s1. The number of carbonyl (C=O) groups excluding carboxylic acids is 1. The lowest BCUT2D eigenvalue weighted by Gasteiger charge is -2.24. The highest BCUT2D eigenvalue weighted by Gasteiger charge is 2.30. The number of methoxy groups -OCH3 is 1. The van der Waals surface area contributed by atoms with Crippen LogP contribution in [0.15, 0.2) is 48.5 Å². The summed E-state index contributed by atoms with van der Waals surface area (Å²) in [5.41, 5.74) is 3.17. The number of nitrogens with zero attached hydrogens (tertiary/aromatic N) is 1. The zero-order valence-electron chi connectivity index (χ0n) is 13.3. The molecule has 1 fully saturated rings. The van der Waals surface area contributed by atoms with E-state index in [1.807, 2.05) is 29.2 Å². The van der Waals surface area contributed by atoms with E-state index in [9.17, 15) is 4.79 Å². The van der Waals surface area contributed by atoms with Gasteiger partial charge in [0.2, 0.25) is 0 Å². The van der Waals surface area contributed by atoms with Crippen molar-refractivity contribution in [3.05, 3.63) is 59.7 Å². The van der Waals surface area contributed by atoms with E-state index < -0.39 is 0 Å². The van der Waals surface area contributed by atoms with Crippen LogP contribution in [0.1, 0.15) is 16.5 Å². The van der Waals surface area contributed by atoms with E-state index in [0.717, 1.165) is 23.7 Å². The number of rotatable bonds is 3. The van der Waals surface area contributed by atoms with Gasteiger partial charge in [-0.05, 0) is 36.8 Å². The molecular weight excluding hydrogens is 308 g/mol. The highest BCUT2D eigenvalue weighted by atomic mass is 32.2. The normalized spacial score (nSPS) is 17.1. The van der Waals surface area contributed by atoms with Crippen LogP contribution in [0.25, 0.3) is 0 Å². The third-order valence-electron chi connectivity index (χ3n) is 3.86. The van der Waals surface area contributed by atoms with Crippen molar-refractivity contribution in [2.75, 3.05) is 24.7 Å².